The number of rotatable bonds is 4. The van der Waals surface area contributed by atoms with Crippen LogP contribution in [0.1, 0.15) is 5.56 Å². The SMILES string of the molecule is O=C(NCC(O)(c1ccccc1)C(F)(F)F)Nc1cccc2ccccc12. The molecule has 3 rings (SSSR count). The Morgan fingerprint density at radius 1 is 0.889 bits per heavy atom. The number of hydrogen-bond donors (Lipinski definition) is 3. The van der Waals surface area contributed by atoms with E-state index in [1.54, 1.807) is 30.3 Å². The van der Waals surface area contributed by atoms with Crippen molar-refractivity contribution in [2.24, 2.45) is 0 Å². The summed E-state index contributed by atoms with van der Waals surface area (Å²) < 4.78 is 40.4. The van der Waals surface area contributed by atoms with E-state index in [0.29, 0.717) is 5.69 Å². The van der Waals surface area contributed by atoms with Crippen LogP contribution in [0.3, 0.4) is 0 Å². The van der Waals surface area contributed by atoms with Gasteiger partial charge in [0.2, 0.25) is 5.60 Å². The van der Waals surface area contributed by atoms with Crippen molar-refractivity contribution in [3.8, 4) is 0 Å². The first-order valence-electron chi connectivity index (χ1n) is 8.18. The summed E-state index contributed by atoms with van der Waals surface area (Å²) in [4.78, 5) is 12.2. The second kappa shape index (κ2) is 7.28. The summed E-state index contributed by atoms with van der Waals surface area (Å²) in [6.45, 7) is -1.02. The molecule has 0 aliphatic rings. The molecule has 0 saturated heterocycles. The Kier molecular flexibility index (Phi) is 5.05. The van der Waals surface area contributed by atoms with E-state index in [4.69, 9.17) is 0 Å². The van der Waals surface area contributed by atoms with Gasteiger partial charge in [0.15, 0.2) is 0 Å². The van der Waals surface area contributed by atoms with E-state index in [-0.39, 0.29) is 5.56 Å². The minimum absolute atomic E-state index is 0.344. The van der Waals surface area contributed by atoms with Crippen LogP contribution in [0.2, 0.25) is 0 Å². The topological polar surface area (TPSA) is 61.4 Å². The number of benzene rings is 3. The van der Waals surface area contributed by atoms with E-state index in [1.165, 1.54) is 12.1 Å². The van der Waals surface area contributed by atoms with Gasteiger partial charge in [-0.1, -0.05) is 66.7 Å². The molecule has 140 valence electrons. The van der Waals surface area contributed by atoms with Crippen LogP contribution in [0.4, 0.5) is 23.7 Å². The largest absolute Gasteiger partial charge is 0.423 e. The number of urea groups is 1. The molecule has 0 aliphatic carbocycles. The molecule has 0 saturated carbocycles. The van der Waals surface area contributed by atoms with Crippen molar-refractivity contribution in [2.45, 2.75) is 11.8 Å². The molecule has 0 fully saturated rings. The summed E-state index contributed by atoms with van der Waals surface area (Å²) in [5, 5.41) is 16.5. The van der Waals surface area contributed by atoms with Crippen molar-refractivity contribution in [1.29, 1.82) is 0 Å². The lowest BCUT2D eigenvalue weighted by atomic mass is 9.93. The van der Waals surface area contributed by atoms with Gasteiger partial charge in [0.25, 0.3) is 0 Å². The van der Waals surface area contributed by atoms with Crippen LogP contribution in [-0.2, 0) is 5.60 Å². The maximum Gasteiger partial charge on any atom is 0.423 e. The molecule has 4 nitrogen and oxygen atoms in total. The van der Waals surface area contributed by atoms with Crippen LogP contribution in [0.15, 0.2) is 72.8 Å². The Hall–Kier alpha value is -3.06. The Labute approximate surface area is 153 Å². The third kappa shape index (κ3) is 3.88. The number of aliphatic hydroxyl groups is 1. The van der Waals surface area contributed by atoms with Crippen molar-refractivity contribution in [3.63, 3.8) is 0 Å². The van der Waals surface area contributed by atoms with Gasteiger partial charge in [-0.3, -0.25) is 0 Å². The third-order valence-electron chi connectivity index (χ3n) is 4.26. The minimum Gasteiger partial charge on any atom is -0.375 e. The van der Waals surface area contributed by atoms with Crippen molar-refractivity contribution < 1.29 is 23.1 Å². The van der Waals surface area contributed by atoms with E-state index in [2.05, 4.69) is 10.6 Å². The summed E-state index contributed by atoms with van der Waals surface area (Å²) in [5.74, 6) is 0. The van der Waals surface area contributed by atoms with Gasteiger partial charge in [-0.15, -0.1) is 0 Å². The number of nitrogens with one attached hydrogen (secondary N) is 2. The van der Waals surface area contributed by atoms with E-state index in [0.717, 1.165) is 22.9 Å². The Morgan fingerprint density at radius 3 is 2.22 bits per heavy atom. The predicted octanol–water partition coefficient (Wildman–Crippen LogP) is 4.41. The fraction of sp³-hybridized carbons (Fsp3) is 0.150. The molecule has 0 spiro atoms. The highest BCUT2D eigenvalue weighted by molar-refractivity contribution is 6.01. The van der Waals surface area contributed by atoms with Crippen LogP contribution < -0.4 is 10.6 Å². The highest BCUT2D eigenvalue weighted by Crippen LogP contribution is 2.38. The van der Waals surface area contributed by atoms with Gasteiger partial charge in [0.1, 0.15) is 0 Å². The molecular weight excluding hydrogens is 357 g/mol. The average Bonchev–Trinajstić information content (AvgIpc) is 2.66. The summed E-state index contributed by atoms with van der Waals surface area (Å²) in [5.41, 5.74) is -3.08. The molecule has 1 atom stereocenters. The van der Waals surface area contributed by atoms with E-state index < -0.39 is 24.4 Å². The fourth-order valence-electron chi connectivity index (χ4n) is 2.79. The summed E-state index contributed by atoms with van der Waals surface area (Å²) >= 11 is 0. The number of carbonyl (C=O) groups is 1. The van der Waals surface area contributed by atoms with Gasteiger partial charge in [-0.2, -0.15) is 13.2 Å². The van der Waals surface area contributed by atoms with Crippen LogP contribution in [0, 0.1) is 0 Å². The first-order chi connectivity index (χ1) is 12.8. The molecule has 27 heavy (non-hydrogen) atoms. The number of fused-ring (bicyclic) bond motifs is 1. The van der Waals surface area contributed by atoms with E-state index >= 15 is 0 Å². The summed E-state index contributed by atoms with van der Waals surface area (Å²) in [6, 6.07) is 18.3. The first kappa shape index (κ1) is 18.7. The van der Waals surface area contributed by atoms with Gasteiger partial charge >= 0.3 is 12.2 Å². The average molecular weight is 374 g/mol. The Morgan fingerprint density at radius 2 is 1.52 bits per heavy atom. The Balaban J connectivity index is 1.77. The van der Waals surface area contributed by atoms with Gasteiger partial charge < -0.3 is 15.7 Å². The summed E-state index contributed by atoms with van der Waals surface area (Å²) in [6.07, 6.45) is -4.96. The monoisotopic (exact) mass is 374 g/mol. The van der Waals surface area contributed by atoms with E-state index in [1.807, 2.05) is 18.2 Å². The quantitative estimate of drug-likeness (QED) is 0.633. The molecule has 0 radical (unpaired) electrons. The molecule has 1 unspecified atom stereocenters. The predicted molar refractivity (Wildman–Crippen MR) is 97.4 cm³/mol. The molecule has 3 aromatic rings. The molecule has 0 bridgehead atoms. The van der Waals surface area contributed by atoms with E-state index in [9.17, 15) is 23.1 Å². The van der Waals surface area contributed by atoms with Crippen LogP contribution in [-0.4, -0.2) is 23.9 Å². The highest BCUT2D eigenvalue weighted by Gasteiger charge is 2.55. The Bertz CT molecular complexity index is 939. The normalized spacial score (nSPS) is 13.8. The van der Waals surface area contributed by atoms with Crippen molar-refractivity contribution in [2.75, 3.05) is 11.9 Å². The lowest BCUT2D eigenvalue weighted by Gasteiger charge is -2.31. The molecule has 3 N–H and O–H groups in total. The van der Waals surface area contributed by atoms with Crippen molar-refractivity contribution >= 4 is 22.5 Å². The fourth-order valence-corrected chi connectivity index (χ4v) is 2.79. The van der Waals surface area contributed by atoms with Crippen molar-refractivity contribution in [3.05, 3.63) is 78.4 Å². The molecule has 0 aliphatic heterocycles. The molecule has 0 aromatic heterocycles. The smallest absolute Gasteiger partial charge is 0.375 e. The van der Waals surface area contributed by atoms with Crippen LogP contribution >= 0.6 is 0 Å². The zero-order chi connectivity index (χ0) is 19.5. The van der Waals surface area contributed by atoms with Gasteiger partial charge in [0, 0.05) is 5.39 Å². The number of hydrogen-bond acceptors (Lipinski definition) is 2. The van der Waals surface area contributed by atoms with Crippen molar-refractivity contribution in [1.82, 2.24) is 5.32 Å². The number of halogens is 3. The third-order valence-corrected chi connectivity index (χ3v) is 4.26. The maximum absolute atomic E-state index is 13.5. The molecule has 2 amide bonds. The number of anilines is 1. The number of amides is 2. The minimum atomic E-state index is -4.96. The molecule has 3 aromatic carbocycles. The highest BCUT2D eigenvalue weighted by atomic mass is 19.4. The number of alkyl halides is 3. The first-order valence-corrected chi connectivity index (χ1v) is 8.18. The molecular formula is C20H17F3N2O2. The summed E-state index contributed by atoms with van der Waals surface area (Å²) in [7, 11) is 0. The zero-order valence-electron chi connectivity index (χ0n) is 14.1. The van der Waals surface area contributed by atoms with Gasteiger partial charge in [-0.25, -0.2) is 4.79 Å². The lowest BCUT2D eigenvalue weighted by molar-refractivity contribution is -0.263. The maximum atomic E-state index is 13.5. The van der Waals surface area contributed by atoms with Gasteiger partial charge in [0.05, 0.1) is 12.2 Å². The second-order valence-electron chi connectivity index (χ2n) is 6.06. The lowest BCUT2D eigenvalue weighted by Crippen LogP contribution is -2.51. The molecule has 7 heteroatoms. The second-order valence-corrected chi connectivity index (χ2v) is 6.06. The van der Waals surface area contributed by atoms with Crippen LogP contribution in [0.25, 0.3) is 10.8 Å². The van der Waals surface area contributed by atoms with Gasteiger partial charge in [-0.05, 0) is 17.0 Å². The molecule has 0 heterocycles. The standard InChI is InChI=1S/C20H17F3N2O2/c21-20(22,23)19(27,15-9-2-1-3-10-15)13-24-18(26)25-17-12-6-8-14-7-4-5-11-16(14)17/h1-12,27H,13H2,(H2,24,25,26). The zero-order valence-corrected chi connectivity index (χ0v) is 14.1. The van der Waals surface area contributed by atoms with Crippen LogP contribution in [0.5, 0.6) is 0 Å². The number of carbonyl (C=O) groups excluding carboxylic acids is 1.